The summed E-state index contributed by atoms with van der Waals surface area (Å²) in [6.45, 7) is 3.96. The minimum Gasteiger partial charge on any atom is -0.493 e. The predicted molar refractivity (Wildman–Crippen MR) is 114 cm³/mol. The maximum atomic E-state index is 14.8. The number of allylic oxidation sites excluding steroid dienone is 4. The van der Waals surface area contributed by atoms with E-state index in [0.29, 0.717) is 5.57 Å². The molecule has 0 bridgehead atoms. The number of benzene rings is 1. The minimum atomic E-state index is -4.62. The van der Waals surface area contributed by atoms with Gasteiger partial charge in [-0.25, -0.2) is 4.39 Å². The van der Waals surface area contributed by atoms with Crippen LogP contribution >= 0.6 is 11.6 Å². The highest BCUT2D eigenvalue weighted by Gasteiger charge is 2.45. The van der Waals surface area contributed by atoms with Crippen molar-refractivity contribution in [1.82, 2.24) is 0 Å². The zero-order valence-corrected chi connectivity index (χ0v) is 18.8. The van der Waals surface area contributed by atoms with Crippen molar-refractivity contribution in [1.29, 1.82) is 0 Å². The van der Waals surface area contributed by atoms with Gasteiger partial charge in [-0.15, -0.1) is 11.6 Å². The number of rotatable bonds is 7. The number of carboxylic acid groups (broad SMARTS) is 1. The van der Waals surface area contributed by atoms with Gasteiger partial charge in [-0.2, -0.15) is 13.2 Å². The van der Waals surface area contributed by atoms with Gasteiger partial charge in [-0.1, -0.05) is 32.4 Å². The first-order valence-corrected chi connectivity index (χ1v) is 11.1. The predicted octanol–water partition coefficient (Wildman–Crippen LogP) is 6.94. The van der Waals surface area contributed by atoms with Crippen molar-refractivity contribution in [2.45, 2.75) is 57.5 Å². The van der Waals surface area contributed by atoms with Gasteiger partial charge in [0.2, 0.25) is 0 Å². The lowest BCUT2D eigenvalue weighted by Gasteiger charge is -2.36. The summed E-state index contributed by atoms with van der Waals surface area (Å²) in [5.74, 6) is -1.58. The average Bonchev–Trinajstić information content (AvgIpc) is 3.08. The van der Waals surface area contributed by atoms with Gasteiger partial charge >= 0.3 is 12.1 Å². The van der Waals surface area contributed by atoms with Crippen LogP contribution in [0.4, 0.5) is 17.6 Å². The molecule has 3 rings (SSSR count). The fourth-order valence-corrected chi connectivity index (χ4v) is 4.89. The summed E-state index contributed by atoms with van der Waals surface area (Å²) in [7, 11) is 0. The maximum Gasteiger partial charge on any atom is 0.416 e. The van der Waals surface area contributed by atoms with Crippen molar-refractivity contribution in [3.63, 3.8) is 0 Å². The molecule has 4 atom stereocenters. The lowest BCUT2D eigenvalue weighted by molar-refractivity contribution is -0.140. The van der Waals surface area contributed by atoms with E-state index in [2.05, 4.69) is 0 Å². The summed E-state index contributed by atoms with van der Waals surface area (Å²) in [6.07, 6.45) is 0.432. The largest absolute Gasteiger partial charge is 0.493 e. The number of alkyl halides is 4. The van der Waals surface area contributed by atoms with Crippen molar-refractivity contribution >= 4 is 17.6 Å². The minimum absolute atomic E-state index is 0.0585. The SMILES string of the molecule is CC1C=C(F)C(C2(C)CCCC2COc2ccc(CCC(=O)O)c(C(F)(F)F)c2)=CC1Cl. The monoisotopic (exact) mass is 474 g/mol. The summed E-state index contributed by atoms with van der Waals surface area (Å²) < 4.78 is 61.0. The van der Waals surface area contributed by atoms with Gasteiger partial charge < -0.3 is 9.84 Å². The molecule has 4 unspecified atom stereocenters. The molecule has 0 aliphatic heterocycles. The first-order chi connectivity index (χ1) is 14.9. The fraction of sp³-hybridized carbons (Fsp3) is 0.542. The van der Waals surface area contributed by atoms with Crippen LogP contribution < -0.4 is 4.74 Å². The van der Waals surface area contributed by atoms with E-state index in [9.17, 15) is 22.4 Å². The van der Waals surface area contributed by atoms with E-state index in [-0.39, 0.29) is 47.4 Å². The highest BCUT2D eigenvalue weighted by molar-refractivity contribution is 6.22. The van der Waals surface area contributed by atoms with Crippen molar-refractivity contribution in [2.24, 2.45) is 17.3 Å². The van der Waals surface area contributed by atoms with Crippen LogP contribution in [0.15, 0.2) is 41.8 Å². The van der Waals surface area contributed by atoms with Crippen LogP contribution in [0.1, 0.15) is 50.7 Å². The van der Waals surface area contributed by atoms with E-state index >= 15 is 0 Å². The Labute approximate surface area is 190 Å². The van der Waals surface area contributed by atoms with Crippen LogP contribution in [0.25, 0.3) is 0 Å². The van der Waals surface area contributed by atoms with Gasteiger partial charge in [0.15, 0.2) is 0 Å². The van der Waals surface area contributed by atoms with E-state index in [1.165, 1.54) is 18.2 Å². The van der Waals surface area contributed by atoms with Gasteiger partial charge in [-0.05, 0) is 54.5 Å². The van der Waals surface area contributed by atoms with E-state index in [4.69, 9.17) is 21.4 Å². The Hall–Kier alpha value is -2.02. The number of halogens is 5. The second kappa shape index (κ2) is 9.46. The van der Waals surface area contributed by atoms with Crippen LogP contribution in [0.3, 0.4) is 0 Å². The smallest absolute Gasteiger partial charge is 0.416 e. The van der Waals surface area contributed by atoms with Crippen LogP contribution in [0, 0.1) is 17.3 Å². The van der Waals surface area contributed by atoms with E-state index in [1.807, 2.05) is 13.8 Å². The second-order valence-electron chi connectivity index (χ2n) is 8.93. The van der Waals surface area contributed by atoms with Gasteiger partial charge in [0.1, 0.15) is 11.6 Å². The third kappa shape index (κ3) is 5.30. The Morgan fingerprint density at radius 2 is 2.03 bits per heavy atom. The number of aryl methyl sites for hydroxylation is 1. The lowest BCUT2D eigenvalue weighted by atomic mass is 9.71. The third-order valence-electron chi connectivity index (χ3n) is 6.71. The summed E-state index contributed by atoms with van der Waals surface area (Å²) >= 11 is 6.35. The average molecular weight is 475 g/mol. The Morgan fingerprint density at radius 1 is 1.31 bits per heavy atom. The molecule has 1 aromatic rings. The number of aliphatic carboxylic acids is 1. The topological polar surface area (TPSA) is 46.5 Å². The number of ether oxygens (including phenoxy) is 1. The summed E-state index contributed by atoms with van der Waals surface area (Å²) in [5.41, 5.74) is -0.933. The fourth-order valence-electron chi connectivity index (χ4n) is 4.69. The molecular formula is C24H27ClF4O3. The van der Waals surface area contributed by atoms with Crippen molar-refractivity contribution < 1.29 is 32.2 Å². The number of hydrogen-bond acceptors (Lipinski definition) is 2. The third-order valence-corrected chi connectivity index (χ3v) is 7.23. The van der Waals surface area contributed by atoms with Crippen molar-refractivity contribution in [3.05, 3.63) is 52.9 Å². The highest BCUT2D eigenvalue weighted by atomic mass is 35.5. The molecule has 1 aromatic carbocycles. The molecule has 0 heterocycles. The molecule has 1 N–H and O–H groups in total. The van der Waals surface area contributed by atoms with Crippen LogP contribution in [0.5, 0.6) is 5.75 Å². The molecule has 1 saturated carbocycles. The second-order valence-corrected chi connectivity index (χ2v) is 9.43. The normalized spacial score (nSPS) is 28.3. The highest BCUT2D eigenvalue weighted by Crippen LogP contribution is 2.52. The van der Waals surface area contributed by atoms with Crippen molar-refractivity contribution in [2.75, 3.05) is 6.61 Å². The van der Waals surface area contributed by atoms with Gasteiger partial charge in [0, 0.05) is 17.8 Å². The number of hydrogen-bond donors (Lipinski definition) is 1. The van der Waals surface area contributed by atoms with E-state index in [1.54, 1.807) is 6.08 Å². The Kier molecular flexibility index (Phi) is 7.28. The lowest BCUT2D eigenvalue weighted by Crippen LogP contribution is -2.31. The molecule has 176 valence electrons. The number of carbonyl (C=O) groups is 1. The standard InChI is InChI=1S/C24H27ClF4O3/c1-14-10-21(26)19(12-20(14)25)23(2)9-3-4-16(23)13-32-17-7-5-15(6-8-22(30)31)18(11-17)24(27,28)29/h5,7,10-12,14,16,20H,3-4,6,8-9,13H2,1-2H3,(H,30,31). The van der Waals surface area contributed by atoms with E-state index < -0.39 is 29.5 Å². The molecule has 1 fully saturated rings. The molecule has 3 nitrogen and oxygen atoms in total. The van der Waals surface area contributed by atoms with Crippen LogP contribution in [0.2, 0.25) is 0 Å². The van der Waals surface area contributed by atoms with Gasteiger partial charge in [0.05, 0.1) is 17.5 Å². The molecule has 0 radical (unpaired) electrons. The van der Waals surface area contributed by atoms with Crippen molar-refractivity contribution in [3.8, 4) is 5.75 Å². The van der Waals surface area contributed by atoms with Crippen LogP contribution in [-0.4, -0.2) is 23.1 Å². The zero-order chi connectivity index (χ0) is 23.7. The summed E-state index contributed by atoms with van der Waals surface area (Å²) in [5, 5.41) is 8.48. The van der Waals surface area contributed by atoms with Gasteiger partial charge in [0.25, 0.3) is 0 Å². The molecule has 2 aliphatic rings. The van der Waals surface area contributed by atoms with Crippen LogP contribution in [-0.2, 0) is 17.4 Å². The Morgan fingerprint density at radius 3 is 2.69 bits per heavy atom. The molecule has 32 heavy (non-hydrogen) atoms. The quantitative estimate of drug-likeness (QED) is 0.344. The maximum absolute atomic E-state index is 14.8. The Bertz CT molecular complexity index is 924. The Balaban J connectivity index is 1.78. The molecule has 0 saturated heterocycles. The first-order valence-electron chi connectivity index (χ1n) is 10.7. The zero-order valence-electron chi connectivity index (χ0n) is 18.0. The molecule has 2 aliphatic carbocycles. The summed E-state index contributed by atoms with van der Waals surface area (Å²) in [6, 6.07) is 3.61. The molecule has 0 aromatic heterocycles. The number of carboxylic acids is 1. The molecule has 0 amide bonds. The first kappa shape index (κ1) is 24.6. The van der Waals surface area contributed by atoms with Gasteiger partial charge in [-0.3, -0.25) is 4.79 Å². The summed E-state index contributed by atoms with van der Waals surface area (Å²) in [4.78, 5) is 10.8. The molecule has 0 spiro atoms. The van der Waals surface area contributed by atoms with E-state index in [0.717, 1.165) is 25.3 Å². The molecular weight excluding hydrogens is 448 g/mol. The molecule has 8 heteroatoms.